The molecule has 7 nitrogen and oxygen atoms in total. The van der Waals surface area contributed by atoms with Crippen molar-refractivity contribution in [3.63, 3.8) is 0 Å². The van der Waals surface area contributed by atoms with Crippen molar-refractivity contribution >= 4 is 6.03 Å². The lowest BCUT2D eigenvalue weighted by Gasteiger charge is -2.31. The minimum absolute atomic E-state index is 0.000716. The van der Waals surface area contributed by atoms with Gasteiger partial charge < -0.3 is 20.5 Å². The van der Waals surface area contributed by atoms with E-state index < -0.39 is 5.54 Å². The molecule has 0 bridgehead atoms. The number of aromatic nitrogens is 2. The van der Waals surface area contributed by atoms with Gasteiger partial charge in [0.05, 0.1) is 11.5 Å². The zero-order chi connectivity index (χ0) is 17.2. The molecule has 2 aliphatic rings. The molecule has 1 unspecified atom stereocenters. The van der Waals surface area contributed by atoms with Gasteiger partial charge in [-0.15, -0.1) is 0 Å². The third-order valence-corrected chi connectivity index (χ3v) is 5.10. The topological polar surface area (TPSA) is 97.3 Å². The molecule has 1 aromatic heterocycles. The molecule has 1 aliphatic carbocycles. The fraction of sp³-hybridized carbons (Fsp3) is 0.824. The Labute approximate surface area is 143 Å². The van der Waals surface area contributed by atoms with E-state index in [0.717, 1.165) is 45.1 Å². The van der Waals surface area contributed by atoms with E-state index in [1.165, 1.54) is 0 Å². The van der Waals surface area contributed by atoms with Crippen LogP contribution in [0, 0.1) is 5.92 Å². The van der Waals surface area contributed by atoms with E-state index >= 15 is 0 Å². The minimum atomic E-state index is -0.426. The normalized spacial score (nSPS) is 23.7. The van der Waals surface area contributed by atoms with Crippen molar-refractivity contribution in [2.24, 2.45) is 11.7 Å². The van der Waals surface area contributed by atoms with Crippen LogP contribution in [0.25, 0.3) is 0 Å². The van der Waals surface area contributed by atoms with Gasteiger partial charge in [0, 0.05) is 19.6 Å². The first-order valence-corrected chi connectivity index (χ1v) is 9.14. The van der Waals surface area contributed by atoms with Gasteiger partial charge in [0.25, 0.3) is 0 Å². The molecule has 7 heteroatoms. The van der Waals surface area contributed by atoms with Crippen LogP contribution < -0.4 is 11.1 Å². The molecule has 1 aliphatic heterocycles. The predicted octanol–water partition coefficient (Wildman–Crippen LogP) is 2.34. The minimum Gasteiger partial charge on any atom is -0.339 e. The highest BCUT2D eigenvalue weighted by molar-refractivity contribution is 5.74. The maximum absolute atomic E-state index is 12.3. The summed E-state index contributed by atoms with van der Waals surface area (Å²) in [6.45, 7) is 6.28. The van der Waals surface area contributed by atoms with Crippen molar-refractivity contribution in [1.29, 1.82) is 0 Å². The number of urea groups is 1. The quantitative estimate of drug-likeness (QED) is 0.880. The van der Waals surface area contributed by atoms with Crippen LogP contribution in [0.3, 0.4) is 0 Å². The zero-order valence-corrected chi connectivity index (χ0v) is 14.8. The lowest BCUT2D eigenvalue weighted by atomic mass is 9.97. The third-order valence-electron chi connectivity index (χ3n) is 5.10. The summed E-state index contributed by atoms with van der Waals surface area (Å²) in [4.78, 5) is 18.7. The van der Waals surface area contributed by atoms with E-state index in [9.17, 15) is 4.79 Å². The molecule has 2 fully saturated rings. The number of rotatable bonds is 4. The molecule has 1 saturated carbocycles. The molecule has 3 rings (SSSR count). The number of piperidine rings is 1. The summed E-state index contributed by atoms with van der Waals surface area (Å²) in [5, 5.41) is 7.12. The molecule has 0 spiro atoms. The molecular formula is C17H29N5O2. The third kappa shape index (κ3) is 3.71. The molecule has 0 aromatic carbocycles. The Balaban J connectivity index is 1.62. The first-order valence-electron chi connectivity index (χ1n) is 9.14. The Morgan fingerprint density at radius 1 is 1.42 bits per heavy atom. The number of hydrogen-bond donors (Lipinski definition) is 2. The van der Waals surface area contributed by atoms with Crippen LogP contribution in [0.1, 0.15) is 70.0 Å². The first-order chi connectivity index (χ1) is 11.5. The summed E-state index contributed by atoms with van der Waals surface area (Å²) >= 11 is 0. The smallest absolute Gasteiger partial charge is 0.317 e. The summed E-state index contributed by atoms with van der Waals surface area (Å²) in [6, 6.07) is -0.000716. The SMILES string of the molecule is CC(C)CNC(=O)N1CCCC(c2nc(C3(N)CCCC3)no2)C1. The Hall–Kier alpha value is -1.63. The fourth-order valence-electron chi connectivity index (χ4n) is 3.60. The van der Waals surface area contributed by atoms with Crippen LogP contribution >= 0.6 is 0 Å². The van der Waals surface area contributed by atoms with Crippen LogP contribution in [0.4, 0.5) is 4.79 Å². The Bertz CT molecular complexity index is 565. The second kappa shape index (κ2) is 7.09. The van der Waals surface area contributed by atoms with Gasteiger partial charge in [-0.3, -0.25) is 0 Å². The van der Waals surface area contributed by atoms with Crippen molar-refractivity contribution in [1.82, 2.24) is 20.4 Å². The number of nitrogens with two attached hydrogens (primary N) is 1. The van der Waals surface area contributed by atoms with Gasteiger partial charge >= 0.3 is 6.03 Å². The monoisotopic (exact) mass is 335 g/mol. The highest BCUT2D eigenvalue weighted by Gasteiger charge is 2.37. The average molecular weight is 335 g/mol. The molecule has 1 saturated heterocycles. The standard InChI is InChI=1S/C17H29N5O2/c1-12(2)10-19-16(23)22-9-5-6-13(11-22)14-20-15(21-24-14)17(18)7-3-4-8-17/h12-13H,3-11,18H2,1-2H3,(H,19,23). The summed E-state index contributed by atoms with van der Waals surface area (Å²) < 4.78 is 5.51. The second-order valence-corrected chi connectivity index (χ2v) is 7.68. The Kier molecular flexibility index (Phi) is 5.08. The van der Waals surface area contributed by atoms with Crippen molar-refractivity contribution in [2.75, 3.05) is 19.6 Å². The molecule has 1 aromatic rings. The van der Waals surface area contributed by atoms with E-state index in [1.54, 1.807) is 0 Å². The fourth-order valence-corrected chi connectivity index (χ4v) is 3.60. The average Bonchev–Trinajstić information content (AvgIpc) is 3.22. The zero-order valence-electron chi connectivity index (χ0n) is 14.8. The van der Waals surface area contributed by atoms with Crippen LogP contribution in [0.2, 0.25) is 0 Å². The van der Waals surface area contributed by atoms with Crippen LogP contribution in [0.15, 0.2) is 4.52 Å². The number of hydrogen-bond acceptors (Lipinski definition) is 5. The van der Waals surface area contributed by atoms with E-state index in [2.05, 4.69) is 29.3 Å². The van der Waals surface area contributed by atoms with Crippen molar-refractivity contribution < 1.29 is 9.32 Å². The van der Waals surface area contributed by atoms with Gasteiger partial charge in [-0.2, -0.15) is 4.98 Å². The van der Waals surface area contributed by atoms with Gasteiger partial charge in [-0.05, 0) is 31.6 Å². The maximum atomic E-state index is 12.3. The number of carbonyl (C=O) groups excluding carboxylic acids is 1. The summed E-state index contributed by atoms with van der Waals surface area (Å²) in [5.74, 6) is 1.81. The largest absolute Gasteiger partial charge is 0.339 e. The number of carbonyl (C=O) groups is 1. The highest BCUT2D eigenvalue weighted by atomic mass is 16.5. The van der Waals surface area contributed by atoms with Gasteiger partial charge in [-0.25, -0.2) is 4.79 Å². The van der Waals surface area contributed by atoms with E-state index in [4.69, 9.17) is 10.3 Å². The molecule has 1 atom stereocenters. The molecule has 3 N–H and O–H groups in total. The van der Waals surface area contributed by atoms with Gasteiger partial charge in [0.15, 0.2) is 5.82 Å². The number of nitrogens with zero attached hydrogens (tertiary/aromatic N) is 3. The number of amides is 2. The molecule has 2 amide bonds. The number of nitrogens with one attached hydrogen (secondary N) is 1. The Morgan fingerprint density at radius 3 is 2.88 bits per heavy atom. The van der Waals surface area contributed by atoms with Gasteiger partial charge in [-0.1, -0.05) is 31.8 Å². The van der Waals surface area contributed by atoms with Gasteiger partial charge in [0.1, 0.15) is 0 Å². The lowest BCUT2D eigenvalue weighted by molar-refractivity contribution is 0.171. The summed E-state index contributed by atoms with van der Waals surface area (Å²) in [6.07, 6.45) is 5.99. The van der Waals surface area contributed by atoms with Crippen LogP contribution in [0.5, 0.6) is 0 Å². The highest BCUT2D eigenvalue weighted by Crippen LogP contribution is 2.35. The molecule has 134 valence electrons. The predicted molar refractivity (Wildman–Crippen MR) is 90.4 cm³/mol. The Morgan fingerprint density at radius 2 is 2.17 bits per heavy atom. The lowest BCUT2D eigenvalue weighted by Crippen LogP contribution is -2.45. The van der Waals surface area contributed by atoms with Crippen molar-refractivity contribution in [2.45, 2.75) is 63.8 Å². The first kappa shape index (κ1) is 17.2. The van der Waals surface area contributed by atoms with E-state index in [0.29, 0.717) is 30.7 Å². The molecule has 0 radical (unpaired) electrons. The van der Waals surface area contributed by atoms with Crippen LogP contribution in [-0.4, -0.2) is 40.7 Å². The van der Waals surface area contributed by atoms with Gasteiger partial charge in [0.2, 0.25) is 5.89 Å². The summed E-state index contributed by atoms with van der Waals surface area (Å²) in [7, 11) is 0. The maximum Gasteiger partial charge on any atom is 0.317 e. The number of likely N-dealkylation sites (tertiary alicyclic amines) is 1. The van der Waals surface area contributed by atoms with Crippen LogP contribution in [-0.2, 0) is 5.54 Å². The summed E-state index contributed by atoms with van der Waals surface area (Å²) in [5.41, 5.74) is 5.98. The van der Waals surface area contributed by atoms with E-state index in [1.807, 2.05) is 4.90 Å². The molecule has 2 heterocycles. The second-order valence-electron chi connectivity index (χ2n) is 7.68. The van der Waals surface area contributed by atoms with E-state index in [-0.39, 0.29) is 11.9 Å². The molecular weight excluding hydrogens is 306 g/mol. The molecule has 24 heavy (non-hydrogen) atoms. The van der Waals surface area contributed by atoms with Crippen molar-refractivity contribution in [3.05, 3.63) is 11.7 Å². The van der Waals surface area contributed by atoms with Crippen molar-refractivity contribution in [3.8, 4) is 0 Å².